The van der Waals surface area contributed by atoms with Crippen LogP contribution in [0.4, 0.5) is 0 Å². The van der Waals surface area contributed by atoms with Gasteiger partial charge in [-0.15, -0.1) is 11.3 Å². The molecule has 10 heteroatoms. The number of rotatable bonds is 8. The van der Waals surface area contributed by atoms with Gasteiger partial charge in [0.2, 0.25) is 0 Å². The minimum Gasteiger partial charge on any atom is -0.491 e. The van der Waals surface area contributed by atoms with Crippen LogP contribution in [0, 0.1) is 18.3 Å². The fourth-order valence-electron chi connectivity index (χ4n) is 4.11. The predicted molar refractivity (Wildman–Crippen MR) is 132 cm³/mol. The molecule has 1 aliphatic rings. The number of aryl methyl sites for hydroxylation is 1. The van der Waals surface area contributed by atoms with Crippen LogP contribution in [0.15, 0.2) is 47.0 Å². The van der Waals surface area contributed by atoms with Crippen molar-refractivity contribution in [3.8, 4) is 23.3 Å². The third kappa shape index (κ3) is 5.83. The minimum atomic E-state index is -0.568. The zero-order valence-corrected chi connectivity index (χ0v) is 20.2. The van der Waals surface area contributed by atoms with Gasteiger partial charge in [0.15, 0.2) is 5.82 Å². The molecule has 2 aromatic carbocycles. The molecule has 4 aromatic rings. The largest absolute Gasteiger partial charge is 0.491 e. The fraction of sp³-hybridized carbons (Fsp3) is 0.360. The maximum absolute atomic E-state index is 10.5. The molecule has 0 bridgehead atoms. The van der Waals surface area contributed by atoms with Crippen LogP contribution in [0.1, 0.15) is 16.4 Å². The number of aliphatic hydroxyl groups excluding tert-OH is 1. The van der Waals surface area contributed by atoms with E-state index in [1.807, 2.05) is 37.3 Å². The number of fused-ring (bicyclic) bond motifs is 1. The molecular weight excluding hydrogens is 464 g/mol. The predicted octanol–water partition coefficient (Wildman–Crippen LogP) is 3.08. The highest BCUT2D eigenvalue weighted by Crippen LogP contribution is 2.25. The van der Waals surface area contributed by atoms with Crippen LogP contribution < -0.4 is 4.74 Å². The lowest BCUT2D eigenvalue weighted by atomic mass is 10.1. The van der Waals surface area contributed by atoms with Gasteiger partial charge in [0.25, 0.3) is 5.89 Å². The van der Waals surface area contributed by atoms with Gasteiger partial charge in [-0.25, -0.2) is 4.98 Å². The summed E-state index contributed by atoms with van der Waals surface area (Å²) in [5.74, 6) is 1.82. The van der Waals surface area contributed by atoms with Crippen molar-refractivity contribution < 1.29 is 14.4 Å². The number of hydrogen-bond acceptors (Lipinski definition) is 10. The van der Waals surface area contributed by atoms with E-state index in [0.717, 1.165) is 52.7 Å². The molecule has 1 N–H and O–H groups in total. The number of nitrogens with zero attached hydrogens (tertiary/aromatic N) is 6. The number of aromatic nitrogens is 3. The molecule has 1 fully saturated rings. The highest BCUT2D eigenvalue weighted by molar-refractivity contribution is 7.18. The van der Waals surface area contributed by atoms with Gasteiger partial charge in [0.1, 0.15) is 18.5 Å². The van der Waals surface area contributed by atoms with Gasteiger partial charge < -0.3 is 14.4 Å². The molecule has 9 nitrogen and oxygen atoms in total. The van der Waals surface area contributed by atoms with Gasteiger partial charge >= 0.3 is 0 Å². The maximum Gasteiger partial charge on any atom is 0.257 e. The summed E-state index contributed by atoms with van der Waals surface area (Å²) in [4.78, 5) is 13.5. The third-order valence-corrected chi connectivity index (χ3v) is 6.89. The first-order valence-corrected chi connectivity index (χ1v) is 12.3. The van der Waals surface area contributed by atoms with Gasteiger partial charge in [0, 0.05) is 44.4 Å². The second kappa shape index (κ2) is 10.5. The Morgan fingerprint density at radius 1 is 1.11 bits per heavy atom. The Morgan fingerprint density at radius 2 is 1.89 bits per heavy atom. The number of aliphatic hydroxyl groups is 1. The highest BCUT2D eigenvalue weighted by atomic mass is 32.1. The topological polar surface area (TPSA) is 112 Å². The van der Waals surface area contributed by atoms with E-state index >= 15 is 0 Å². The number of benzene rings is 2. The second-order valence-electron chi connectivity index (χ2n) is 8.61. The lowest BCUT2D eigenvalue weighted by Gasteiger charge is -2.34. The van der Waals surface area contributed by atoms with Crippen LogP contribution in [0.5, 0.6) is 5.75 Å². The molecule has 0 saturated carbocycles. The summed E-state index contributed by atoms with van der Waals surface area (Å²) < 4.78 is 12.3. The van der Waals surface area contributed by atoms with Crippen molar-refractivity contribution in [3.05, 3.63) is 58.9 Å². The van der Waals surface area contributed by atoms with Gasteiger partial charge in [0.05, 0.1) is 33.4 Å². The van der Waals surface area contributed by atoms with Gasteiger partial charge in [-0.3, -0.25) is 9.80 Å². The lowest BCUT2D eigenvalue weighted by molar-refractivity contribution is 0.0440. The first-order valence-electron chi connectivity index (χ1n) is 11.5. The fourth-order valence-corrected chi connectivity index (χ4v) is 4.92. The third-order valence-electron chi connectivity index (χ3n) is 5.94. The number of β-amino-alcohol motifs (C(OH)–C–C–N with tert-alkyl or cyclic N) is 1. The number of ether oxygens (including phenoxy) is 1. The Kier molecular flexibility index (Phi) is 7.01. The molecule has 0 unspecified atom stereocenters. The molecule has 1 aliphatic heterocycles. The highest BCUT2D eigenvalue weighted by Gasteiger charge is 2.21. The summed E-state index contributed by atoms with van der Waals surface area (Å²) in [6.45, 7) is 6.82. The van der Waals surface area contributed by atoms with E-state index in [1.165, 1.54) is 0 Å². The van der Waals surface area contributed by atoms with Gasteiger partial charge in [-0.1, -0.05) is 5.16 Å². The molecule has 2 aromatic heterocycles. The first-order chi connectivity index (χ1) is 17.1. The van der Waals surface area contributed by atoms with E-state index in [1.54, 1.807) is 23.5 Å². The molecule has 0 aliphatic carbocycles. The Hall–Kier alpha value is -3.36. The first kappa shape index (κ1) is 23.4. The Labute approximate surface area is 207 Å². The molecule has 0 radical (unpaired) electrons. The van der Waals surface area contributed by atoms with Crippen molar-refractivity contribution in [1.82, 2.24) is 24.9 Å². The average molecular weight is 491 g/mol. The van der Waals surface area contributed by atoms with E-state index < -0.39 is 6.10 Å². The van der Waals surface area contributed by atoms with Crippen LogP contribution in [-0.4, -0.2) is 75.5 Å². The van der Waals surface area contributed by atoms with E-state index in [-0.39, 0.29) is 6.61 Å². The van der Waals surface area contributed by atoms with Gasteiger partial charge in [-0.05, 0) is 43.3 Å². The van der Waals surface area contributed by atoms with Crippen molar-refractivity contribution in [1.29, 1.82) is 5.26 Å². The SMILES string of the molecule is Cc1nc2cc(OC[C@H](O)CN3CCN(Cc4noc(-c5ccc(C#N)cc5)n4)CC3)ccc2s1. The van der Waals surface area contributed by atoms with E-state index in [0.29, 0.717) is 30.4 Å². The van der Waals surface area contributed by atoms with E-state index in [4.69, 9.17) is 14.5 Å². The van der Waals surface area contributed by atoms with E-state index in [2.05, 4.69) is 31.0 Å². The molecular formula is C25H26N6O3S. The van der Waals surface area contributed by atoms with Crippen LogP contribution in [0.2, 0.25) is 0 Å². The molecule has 5 rings (SSSR count). The van der Waals surface area contributed by atoms with Crippen molar-refractivity contribution >= 4 is 21.6 Å². The monoisotopic (exact) mass is 490 g/mol. The number of piperazine rings is 1. The van der Waals surface area contributed by atoms with E-state index in [9.17, 15) is 5.11 Å². The Morgan fingerprint density at radius 3 is 2.66 bits per heavy atom. The molecule has 1 saturated heterocycles. The van der Waals surface area contributed by atoms with Crippen molar-refractivity contribution in [2.75, 3.05) is 39.3 Å². The lowest BCUT2D eigenvalue weighted by Crippen LogP contribution is -2.48. The average Bonchev–Trinajstić information content (AvgIpc) is 3.49. The van der Waals surface area contributed by atoms with Crippen LogP contribution >= 0.6 is 11.3 Å². The van der Waals surface area contributed by atoms with Crippen molar-refractivity contribution in [2.45, 2.75) is 19.6 Å². The van der Waals surface area contributed by atoms with Crippen molar-refractivity contribution in [3.63, 3.8) is 0 Å². The maximum atomic E-state index is 10.5. The van der Waals surface area contributed by atoms with Gasteiger partial charge in [-0.2, -0.15) is 10.2 Å². The van der Waals surface area contributed by atoms with Crippen LogP contribution in [-0.2, 0) is 6.54 Å². The molecule has 0 amide bonds. The number of hydrogen-bond donors (Lipinski definition) is 1. The Bertz CT molecular complexity index is 1320. The quantitative estimate of drug-likeness (QED) is 0.398. The smallest absolute Gasteiger partial charge is 0.257 e. The summed E-state index contributed by atoms with van der Waals surface area (Å²) in [5.41, 5.74) is 2.32. The Balaban J connectivity index is 1.06. The molecule has 0 spiro atoms. The number of nitriles is 1. The molecule has 35 heavy (non-hydrogen) atoms. The normalized spacial score (nSPS) is 15.8. The molecule has 180 valence electrons. The van der Waals surface area contributed by atoms with Crippen LogP contribution in [0.3, 0.4) is 0 Å². The minimum absolute atomic E-state index is 0.246. The zero-order valence-electron chi connectivity index (χ0n) is 19.4. The summed E-state index contributed by atoms with van der Waals surface area (Å²) in [6, 6.07) is 15.0. The van der Waals surface area contributed by atoms with Crippen molar-refractivity contribution in [2.24, 2.45) is 0 Å². The summed E-state index contributed by atoms with van der Waals surface area (Å²) in [7, 11) is 0. The molecule has 1 atom stereocenters. The summed E-state index contributed by atoms with van der Waals surface area (Å²) in [5, 5.41) is 24.5. The van der Waals surface area contributed by atoms with Crippen LogP contribution in [0.25, 0.3) is 21.7 Å². The molecule has 3 heterocycles. The summed E-state index contributed by atoms with van der Waals surface area (Å²) in [6.07, 6.45) is -0.568. The second-order valence-corrected chi connectivity index (χ2v) is 9.84. The summed E-state index contributed by atoms with van der Waals surface area (Å²) >= 11 is 1.66. The standard InChI is InChI=1S/C25H26N6O3S/c1-17-27-22-12-21(6-7-23(22)35-17)33-16-20(32)14-30-8-10-31(11-9-30)15-24-28-25(34-29-24)19-4-2-18(13-26)3-5-19/h2-7,12,20,32H,8-11,14-16H2,1H3/t20-/m1/s1. The number of thiazole rings is 1. The zero-order chi connectivity index (χ0) is 24.2.